The minimum atomic E-state index is -0.959. The van der Waals surface area contributed by atoms with Crippen LogP contribution in [0.4, 0.5) is 0 Å². The van der Waals surface area contributed by atoms with Crippen LogP contribution in [0.1, 0.15) is 15.9 Å². The first-order chi connectivity index (χ1) is 8.63. The Hall–Kier alpha value is -2.14. The van der Waals surface area contributed by atoms with E-state index >= 15 is 0 Å². The number of hydrogen-bond donors (Lipinski definition) is 3. The summed E-state index contributed by atoms with van der Waals surface area (Å²) in [5.74, 6) is -1.07. The molecular weight excluding hydrogens is 232 g/mol. The van der Waals surface area contributed by atoms with E-state index in [1.807, 2.05) is 0 Å². The summed E-state index contributed by atoms with van der Waals surface area (Å²) in [6.07, 6.45) is 1.68. The largest absolute Gasteiger partial charge is 0.478 e. The molecule has 0 aliphatic rings. The Bertz CT molecular complexity index is 426. The second kappa shape index (κ2) is 7.24. The standard InChI is InChI=1S/C13H16N2O3/c1-2-7-14-9-12(16)15-8-10-3-5-11(6-4-10)13(17)18/h2-6,14H,1,7-9H2,(H,15,16)(H,17,18). The van der Waals surface area contributed by atoms with Gasteiger partial charge in [0.15, 0.2) is 0 Å². The third-order valence-electron chi connectivity index (χ3n) is 2.26. The fourth-order valence-electron chi connectivity index (χ4n) is 1.32. The quantitative estimate of drug-likeness (QED) is 0.492. The molecule has 0 aromatic heterocycles. The van der Waals surface area contributed by atoms with Gasteiger partial charge in [0.1, 0.15) is 0 Å². The minimum Gasteiger partial charge on any atom is -0.478 e. The summed E-state index contributed by atoms with van der Waals surface area (Å²) in [4.78, 5) is 22.0. The molecule has 1 amide bonds. The summed E-state index contributed by atoms with van der Waals surface area (Å²) < 4.78 is 0. The van der Waals surface area contributed by atoms with Crippen LogP contribution in [-0.2, 0) is 11.3 Å². The van der Waals surface area contributed by atoms with Crippen LogP contribution in [0.25, 0.3) is 0 Å². The number of carboxylic acids is 1. The smallest absolute Gasteiger partial charge is 0.335 e. The average Bonchev–Trinajstić information content (AvgIpc) is 2.37. The summed E-state index contributed by atoms with van der Waals surface area (Å²) in [6.45, 7) is 4.73. The molecule has 1 rings (SSSR count). The number of nitrogens with one attached hydrogen (secondary N) is 2. The van der Waals surface area contributed by atoms with Crippen LogP contribution in [0.2, 0.25) is 0 Å². The molecule has 0 unspecified atom stereocenters. The highest BCUT2D eigenvalue weighted by Crippen LogP contribution is 2.03. The van der Waals surface area contributed by atoms with Crippen molar-refractivity contribution in [2.45, 2.75) is 6.54 Å². The number of hydrogen-bond acceptors (Lipinski definition) is 3. The normalized spacial score (nSPS) is 9.78. The molecule has 0 radical (unpaired) electrons. The molecule has 0 heterocycles. The number of carbonyl (C=O) groups is 2. The highest BCUT2D eigenvalue weighted by atomic mass is 16.4. The fourth-order valence-corrected chi connectivity index (χ4v) is 1.32. The lowest BCUT2D eigenvalue weighted by Crippen LogP contribution is -2.33. The maximum atomic E-state index is 11.4. The molecule has 0 fully saturated rings. The topological polar surface area (TPSA) is 78.4 Å². The second-order valence-corrected chi connectivity index (χ2v) is 3.70. The predicted octanol–water partition coefficient (Wildman–Crippen LogP) is 0.777. The van der Waals surface area contributed by atoms with E-state index in [9.17, 15) is 9.59 Å². The maximum absolute atomic E-state index is 11.4. The van der Waals surface area contributed by atoms with Gasteiger partial charge in [0.2, 0.25) is 5.91 Å². The number of rotatable bonds is 7. The lowest BCUT2D eigenvalue weighted by Gasteiger charge is -2.06. The Morgan fingerprint density at radius 1 is 1.28 bits per heavy atom. The summed E-state index contributed by atoms with van der Waals surface area (Å²) in [6, 6.07) is 6.39. The lowest BCUT2D eigenvalue weighted by atomic mass is 10.1. The molecular formula is C13H16N2O3. The fraction of sp³-hybridized carbons (Fsp3) is 0.231. The van der Waals surface area contributed by atoms with Crippen molar-refractivity contribution < 1.29 is 14.7 Å². The Kier molecular flexibility index (Phi) is 5.60. The number of amides is 1. The van der Waals surface area contributed by atoms with Gasteiger partial charge in [-0.05, 0) is 17.7 Å². The summed E-state index contributed by atoms with van der Waals surface area (Å²) >= 11 is 0. The van der Waals surface area contributed by atoms with E-state index in [1.165, 1.54) is 12.1 Å². The molecule has 1 aromatic carbocycles. The van der Waals surface area contributed by atoms with Crippen LogP contribution in [-0.4, -0.2) is 30.1 Å². The van der Waals surface area contributed by atoms with Crippen LogP contribution in [0.3, 0.4) is 0 Å². The Morgan fingerprint density at radius 2 is 1.94 bits per heavy atom. The first kappa shape index (κ1) is 13.9. The van der Waals surface area contributed by atoms with Crippen LogP contribution in [0.5, 0.6) is 0 Å². The molecule has 0 bridgehead atoms. The van der Waals surface area contributed by atoms with Gasteiger partial charge >= 0.3 is 5.97 Å². The van der Waals surface area contributed by atoms with E-state index in [0.717, 1.165) is 5.56 Å². The van der Waals surface area contributed by atoms with Gasteiger partial charge in [-0.15, -0.1) is 6.58 Å². The predicted molar refractivity (Wildman–Crippen MR) is 68.3 cm³/mol. The first-order valence-corrected chi connectivity index (χ1v) is 5.54. The van der Waals surface area contributed by atoms with E-state index < -0.39 is 5.97 Å². The molecule has 5 nitrogen and oxygen atoms in total. The molecule has 0 aliphatic heterocycles. The average molecular weight is 248 g/mol. The molecule has 1 aromatic rings. The van der Waals surface area contributed by atoms with E-state index in [-0.39, 0.29) is 18.0 Å². The third-order valence-corrected chi connectivity index (χ3v) is 2.26. The first-order valence-electron chi connectivity index (χ1n) is 5.54. The van der Waals surface area contributed by atoms with Gasteiger partial charge in [-0.3, -0.25) is 4.79 Å². The van der Waals surface area contributed by atoms with Gasteiger partial charge in [-0.2, -0.15) is 0 Å². The molecule has 0 atom stereocenters. The van der Waals surface area contributed by atoms with Gasteiger partial charge in [0, 0.05) is 13.1 Å². The lowest BCUT2D eigenvalue weighted by molar-refractivity contribution is -0.120. The number of carboxylic acid groups (broad SMARTS) is 1. The number of benzene rings is 1. The second-order valence-electron chi connectivity index (χ2n) is 3.70. The molecule has 18 heavy (non-hydrogen) atoms. The molecule has 3 N–H and O–H groups in total. The number of carbonyl (C=O) groups excluding carboxylic acids is 1. The van der Waals surface area contributed by atoms with Crippen molar-refractivity contribution in [1.82, 2.24) is 10.6 Å². The van der Waals surface area contributed by atoms with E-state index in [0.29, 0.717) is 13.1 Å². The van der Waals surface area contributed by atoms with Gasteiger partial charge in [-0.1, -0.05) is 18.2 Å². The third kappa shape index (κ3) is 4.80. The maximum Gasteiger partial charge on any atom is 0.335 e. The zero-order chi connectivity index (χ0) is 13.4. The van der Waals surface area contributed by atoms with Crippen molar-refractivity contribution in [3.8, 4) is 0 Å². The van der Waals surface area contributed by atoms with Crippen LogP contribution < -0.4 is 10.6 Å². The molecule has 96 valence electrons. The SMILES string of the molecule is C=CCNCC(=O)NCc1ccc(C(=O)O)cc1. The highest BCUT2D eigenvalue weighted by molar-refractivity contribution is 5.87. The van der Waals surface area contributed by atoms with Gasteiger partial charge in [0.25, 0.3) is 0 Å². The Labute approximate surface area is 106 Å². The summed E-state index contributed by atoms with van der Waals surface area (Å²) in [5.41, 5.74) is 1.09. The summed E-state index contributed by atoms with van der Waals surface area (Å²) in [5, 5.41) is 14.3. The van der Waals surface area contributed by atoms with E-state index in [4.69, 9.17) is 5.11 Å². The van der Waals surface area contributed by atoms with Crippen molar-refractivity contribution in [3.05, 3.63) is 48.0 Å². The van der Waals surface area contributed by atoms with Crippen LogP contribution in [0, 0.1) is 0 Å². The van der Waals surface area contributed by atoms with Crippen molar-refractivity contribution >= 4 is 11.9 Å². The van der Waals surface area contributed by atoms with E-state index in [1.54, 1.807) is 18.2 Å². The molecule has 0 saturated carbocycles. The number of aromatic carboxylic acids is 1. The Balaban J connectivity index is 2.36. The van der Waals surface area contributed by atoms with Crippen molar-refractivity contribution in [2.75, 3.05) is 13.1 Å². The molecule has 0 aliphatic carbocycles. The highest BCUT2D eigenvalue weighted by Gasteiger charge is 2.03. The van der Waals surface area contributed by atoms with Crippen LogP contribution in [0.15, 0.2) is 36.9 Å². The summed E-state index contributed by atoms with van der Waals surface area (Å²) in [7, 11) is 0. The van der Waals surface area contributed by atoms with Gasteiger partial charge in [0.05, 0.1) is 12.1 Å². The monoisotopic (exact) mass is 248 g/mol. The van der Waals surface area contributed by atoms with Crippen molar-refractivity contribution in [2.24, 2.45) is 0 Å². The van der Waals surface area contributed by atoms with Gasteiger partial charge < -0.3 is 15.7 Å². The van der Waals surface area contributed by atoms with Gasteiger partial charge in [-0.25, -0.2) is 4.79 Å². The minimum absolute atomic E-state index is 0.112. The Morgan fingerprint density at radius 3 is 2.50 bits per heavy atom. The van der Waals surface area contributed by atoms with Crippen molar-refractivity contribution in [3.63, 3.8) is 0 Å². The molecule has 5 heteroatoms. The van der Waals surface area contributed by atoms with Crippen molar-refractivity contribution in [1.29, 1.82) is 0 Å². The van der Waals surface area contributed by atoms with Crippen LogP contribution >= 0.6 is 0 Å². The molecule has 0 saturated heterocycles. The zero-order valence-electron chi connectivity index (χ0n) is 9.98. The molecule has 0 spiro atoms. The van der Waals surface area contributed by atoms with E-state index in [2.05, 4.69) is 17.2 Å². The zero-order valence-corrected chi connectivity index (χ0v) is 9.98.